The van der Waals surface area contributed by atoms with Crippen LogP contribution in [0.15, 0.2) is 54.7 Å². The van der Waals surface area contributed by atoms with Crippen LogP contribution >= 0.6 is 0 Å². The van der Waals surface area contributed by atoms with Crippen LogP contribution in [-0.2, 0) is 6.54 Å². The molecule has 1 aromatic carbocycles. The van der Waals surface area contributed by atoms with Crippen LogP contribution < -0.4 is 5.32 Å². The van der Waals surface area contributed by atoms with Crippen molar-refractivity contribution in [3.8, 4) is 0 Å². The maximum Gasteiger partial charge on any atom is 0.290 e. The zero-order valence-electron chi connectivity index (χ0n) is 15.1. The van der Waals surface area contributed by atoms with Gasteiger partial charge in [0.1, 0.15) is 0 Å². The third-order valence-electron chi connectivity index (χ3n) is 4.89. The standard InChI is InChI=1S/C21H22N4O2/c26-20(22-15-16-9-3-1-4-10-16)18-17-11-5-8-14-25(17)19(23-18)21(27)24-12-6-2-7-13-24/h1,3-5,8-11,14H,2,6-7,12-13,15H2,(H,22,26). The summed E-state index contributed by atoms with van der Waals surface area (Å²) in [5.41, 5.74) is 1.94. The maximum atomic E-state index is 12.9. The first-order valence-electron chi connectivity index (χ1n) is 9.32. The van der Waals surface area contributed by atoms with Crippen LogP contribution in [0, 0.1) is 0 Å². The molecule has 3 heterocycles. The van der Waals surface area contributed by atoms with Gasteiger partial charge in [-0.2, -0.15) is 0 Å². The zero-order valence-corrected chi connectivity index (χ0v) is 15.1. The van der Waals surface area contributed by atoms with Gasteiger partial charge in [0.25, 0.3) is 11.8 Å². The van der Waals surface area contributed by atoms with E-state index in [4.69, 9.17) is 0 Å². The van der Waals surface area contributed by atoms with Gasteiger partial charge in [0, 0.05) is 25.8 Å². The summed E-state index contributed by atoms with van der Waals surface area (Å²) in [7, 11) is 0. The number of amides is 2. The fourth-order valence-electron chi connectivity index (χ4n) is 3.46. The highest BCUT2D eigenvalue weighted by atomic mass is 16.2. The van der Waals surface area contributed by atoms with E-state index in [1.165, 1.54) is 0 Å². The predicted molar refractivity (Wildman–Crippen MR) is 103 cm³/mol. The molecule has 1 aliphatic heterocycles. The molecule has 6 heteroatoms. The summed E-state index contributed by atoms with van der Waals surface area (Å²) in [6, 6.07) is 15.2. The molecule has 0 atom stereocenters. The number of nitrogens with zero attached hydrogens (tertiary/aromatic N) is 3. The van der Waals surface area contributed by atoms with Crippen LogP contribution in [0.4, 0.5) is 0 Å². The minimum absolute atomic E-state index is 0.113. The van der Waals surface area contributed by atoms with Crippen molar-refractivity contribution < 1.29 is 9.59 Å². The highest BCUT2D eigenvalue weighted by molar-refractivity contribution is 6.02. The molecule has 1 aliphatic rings. The molecule has 6 nitrogen and oxygen atoms in total. The van der Waals surface area contributed by atoms with Gasteiger partial charge < -0.3 is 10.2 Å². The maximum absolute atomic E-state index is 12.9. The Balaban J connectivity index is 1.61. The Labute approximate surface area is 157 Å². The number of aromatic nitrogens is 2. The summed E-state index contributed by atoms with van der Waals surface area (Å²) in [4.78, 5) is 31.9. The number of hydrogen-bond acceptors (Lipinski definition) is 3. The lowest BCUT2D eigenvalue weighted by molar-refractivity contribution is 0.0711. The van der Waals surface area contributed by atoms with E-state index in [1.807, 2.05) is 53.4 Å². The van der Waals surface area contributed by atoms with Crippen molar-refractivity contribution in [1.82, 2.24) is 19.6 Å². The van der Waals surface area contributed by atoms with Crippen LogP contribution in [-0.4, -0.2) is 39.2 Å². The largest absolute Gasteiger partial charge is 0.347 e. The third kappa shape index (κ3) is 3.56. The Hall–Kier alpha value is -3.15. The number of hydrogen-bond donors (Lipinski definition) is 1. The molecule has 3 aromatic rings. The van der Waals surface area contributed by atoms with Crippen LogP contribution in [0.1, 0.15) is 45.9 Å². The van der Waals surface area contributed by atoms with E-state index in [2.05, 4.69) is 10.3 Å². The molecule has 0 bridgehead atoms. The lowest BCUT2D eigenvalue weighted by Gasteiger charge is -2.25. The third-order valence-corrected chi connectivity index (χ3v) is 4.89. The van der Waals surface area contributed by atoms with Crippen molar-refractivity contribution in [2.24, 2.45) is 0 Å². The number of benzene rings is 1. The lowest BCUT2D eigenvalue weighted by atomic mass is 10.1. The second kappa shape index (κ2) is 7.61. The lowest BCUT2D eigenvalue weighted by Crippen LogP contribution is -2.36. The molecule has 27 heavy (non-hydrogen) atoms. The normalized spacial score (nSPS) is 14.3. The van der Waals surface area contributed by atoms with Gasteiger partial charge in [-0.05, 0) is 37.0 Å². The molecular formula is C21H22N4O2. The van der Waals surface area contributed by atoms with Gasteiger partial charge in [-0.15, -0.1) is 0 Å². The Morgan fingerprint density at radius 3 is 2.48 bits per heavy atom. The van der Waals surface area contributed by atoms with Gasteiger partial charge in [-0.3, -0.25) is 14.0 Å². The molecule has 138 valence electrons. The smallest absolute Gasteiger partial charge is 0.290 e. The van der Waals surface area contributed by atoms with Crippen molar-refractivity contribution in [3.63, 3.8) is 0 Å². The van der Waals surface area contributed by atoms with Gasteiger partial charge in [-0.25, -0.2) is 4.98 Å². The van der Waals surface area contributed by atoms with Gasteiger partial charge in [-0.1, -0.05) is 36.4 Å². The molecule has 0 saturated carbocycles. The fraction of sp³-hybridized carbons (Fsp3) is 0.286. The van der Waals surface area contributed by atoms with E-state index in [9.17, 15) is 9.59 Å². The Morgan fingerprint density at radius 2 is 1.70 bits per heavy atom. The molecule has 1 N–H and O–H groups in total. The van der Waals surface area contributed by atoms with Crippen LogP contribution in [0.2, 0.25) is 0 Å². The van der Waals surface area contributed by atoms with Crippen molar-refractivity contribution in [1.29, 1.82) is 0 Å². The van der Waals surface area contributed by atoms with E-state index in [0.29, 0.717) is 17.9 Å². The second-order valence-corrected chi connectivity index (χ2v) is 6.76. The minimum atomic E-state index is -0.278. The number of imidazole rings is 1. The molecule has 2 aromatic heterocycles. The average molecular weight is 362 g/mol. The number of rotatable bonds is 4. The van der Waals surface area contributed by atoms with E-state index >= 15 is 0 Å². The Morgan fingerprint density at radius 1 is 0.963 bits per heavy atom. The van der Waals surface area contributed by atoms with Crippen molar-refractivity contribution in [2.75, 3.05) is 13.1 Å². The topological polar surface area (TPSA) is 66.7 Å². The predicted octanol–water partition coefficient (Wildman–Crippen LogP) is 2.89. The number of likely N-dealkylation sites (tertiary alicyclic amines) is 1. The Kier molecular flexibility index (Phi) is 4.87. The molecule has 0 radical (unpaired) electrons. The summed E-state index contributed by atoms with van der Waals surface area (Å²) in [6.07, 6.45) is 4.96. The summed E-state index contributed by atoms with van der Waals surface area (Å²) in [5.74, 6) is -0.0874. The average Bonchev–Trinajstić information content (AvgIpc) is 3.13. The first-order valence-corrected chi connectivity index (χ1v) is 9.32. The Bertz CT molecular complexity index is 959. The van der Waals surface area contributed by atoms with Gasteiger partial charge in [0.05, 0.1) is 5.52 Å². The van der Waals surface area contributed by atoms with Crippen molar-refractivity contribution >= 4 is 17.3 Å². The SMILES string of the molecule is O=C(NCc1ccccc1)c1nc(C(=O)N2CCCCC2)n2ccccc12. The minimum Gasteiger partial charge on any atom is -0.347 e. The summed E-state index contributed by atoms with van der Waals surface area (Å²) in [6.45, 7) is 1.91. The summed E-state index contributed by atoms with van der Waals surface area (Å²) in [5, 5.41) is 2.90. The van der Waals surface area contributed by atoms with Crippen LogP contribution in [0.5, 0.6) is 0 Å². The molecule has 1 fully saturated rings. The number of carbonyl (C=O) groups is 2. The van der Waals surface area contributed by atoms with E-state index in [1.54, 1.807) is 10.6 Å². The fourth-order valence-corrected chi connectivity index (χ4v) is 3.46. The van der Waals surface area contributed by atoms with E-state index in [-0.39, 0.29) is 17.5 Å². The quantitative estimate of drug-likeness (QED) is 0.776. The second-order valence-electron chi connectivity index (χ2n) is 6.76. The highest BCUT2D eigenvalue weighted by Gasteiger charge is 2.25. The molecule has 4 rings (SSSR count). The van der Waals surface area contributed by atoms with E-state index in [0.717, 1.165) is 37.9 Å². The van der Waals surface area contributed by atoms with Gasteiger partial charge in [0.15, 0.2) is 5.69 Å². The molecular weight excluding hydrogens is 340 g/mol. The van der Waals surface area contributed by atoms with Crippen LogP contribution in [0.3, 0.4) is 0 Å². The summed E-state index contributed by atoms with van der Waals surface area (Å²) < 4.78 is 1.72. The number of nitrogens with one attached hydrogen (secondary N) is 1. The molecule has 0 unspecified atom stereocenters. The number of pyridine rings is 1. The van der Waals surface area contributed by atoms with Gasteiger partial charge in [0.2, 0.25) is 5.82 Å². The molecule has 0 aliphatic carbocycles. The van der Waals surface area contributed by atoms with Crippen LogP contribution in [0.25, 0.3) is 5.52 Å². The summed E-state index contributed by atoms with van der Waals surface area (Å²) >= 11 is 0. The zero-order chi connectivity index (χ0) is 18.6. The molecule has 1 saturated heterocycles. The molecule has 2 amide bonds. The van der Waals surface area contributed by atoms with E-state index < -0.39 is 0 Å². The number of fused-ring (bicyclic) bond motifs is 1. The van der Waals surface area contributed by atoms with Crippen molar-refractivity contribution in [2.45, 2.75) is 25.8 Å². The van der Waals surface area contributed by atoms with Gasteiger partial charge >= 0.3 is 0 Å². The first kappa shape index (κ1) is 17.3. The molecule has 0 spiro atoms. The number of carbonyl (C=O) groups excluding carboxylic acids is 2. The van der Waals surface area contributed by atoms with Crippen molar-refractivity contribution in [3.05, 3.63) is 71.8 Å². The highest BCUT2D eigenvalue weighted by Crippen LogP contribution is 2.17. The number of piperidine rings is 1. The monoisotopic (exact) mass is 362 g/mol. The first-order chi connectivity index (χ1) is 13.2.